The zero-order chi connectivity index (χ0) is 14.8. The van der Waals surface area contributed by atoms with Crippen LogP contribution in [0.1, 0.15) is 38.5 Å². The molecule has 0 radical (unpaired) electrons. The number of piperidine rings is 1. The summed E-state index contributed by atoms with van der Waals surface area (Å²) in [5.74, 6) is -3.53. The molecule has 0 aromatic carbocycles. The number of amides is 2. The molecule has 7 nitrogen and oxygen atoms in total. The molecule has 2 amide bonds. The van der Waals surface area contributed by atoms with E-state index >= 15 is 0 Å². The number of carboxylic acid groups (broad SMARTS) is 1. The van der Waals surface area contributed by atoms with Crippen LogP contribution in [-0.2, 0) is 14.4 Å². The van der Waals surface area contributed by atoms with Gasteiger partial charge >= 0.3 is 5.97 Å². The van der Waals surface area contributed by atoms with Crippen molar-refractivity contribution in [2.45, 2.75) is 50.2 Å². The molecule has 112 valence electrons. The van der Waals surface area contributed by atoms with E-state index in [1.807, 2.05) is 0 Å². The smallest absolute Gasteiger partial charge is 0.329 e. The molecule has 1 saturated heterocycles. The van der Waals surface area contributed by atoms with Crippen molar-refractivity contribution in [1.29, 1.82) is 0 Å². The van der Waals surface area contributed by atoms with Crippen molar-refractivity contribution < 1.29 is 24.6 Å². The number of hydrogen-bond donors (Lipinski definition) is 4. The molecule has 20 heavy (non-hydrogen) atoms. The van der Waals surface area contributed by atoms with Crippen molar-refractivity contribution in [3.8, 4) is 0 Å². The Labute approximate surface area is 116 Å². The van der Waals surface area contributed by atoms with Crippen LogP contribution < -0.4 is 10.6 Å². The van der Waals surface area contributed by atoms with Gasteiger partial charge in [-0.05, 0) is 19.3 Å². The third kappa shape index (κ3) is 2.77. The largest absolute Gasteiger partial charge is 0.480 e. The minimum atomic E-state index is -1.30. The molecule has 2 aliphatic rings. The Bertz CT molecular complexity index is 417. The monoisotopic (exact) mass is 284 g/mol. The van der Waals surface area contributed by atoms with Crippen LogP contribution in [0.4, 0.5) is 0 Å². The van der Waals surface area contributed by atoms with Crippen molar-refractivity contribution >= 4 is 17.8 Å². The van der Waals surface area contributed by atoms with E-state index in [1.54, 1.807) is 0 Å². The average Bonchev–Trinajstić information content (AvgIpc) is 2.39. The Morgan fingerprint density at radius 2 is 1.90 bits per heavy atom. The van der Waals surface area contributed by atoms with Crippen molar-refractivity contribution in [2.75, 3.05) is 6.54 Å². The minimum Gasteiger partial charge on any atom is -0.480 e. The van der Waals surface area contributed by atoms with Crippen molar-refractivity contribution in [3.05, 3.63) is 0 Å². The number of carboxylic acids is 1. The maximum atomic E-state index is 12.2. The molecule has 1 heterocycles. The fourth-order valence-corrected chi connectivity index (χ4v) is 2.95. The minimum absolute atomic E-state index is 0.296. The molecule has 2 fully saturated rings. The number of hydrogen-bond acceptors (Lipinski definition) is 4. The number of carbonyl (C=O) groups is 3. The Kier molecular flexibility index (Phi) is 4.27. The van der Waals surface area contributed by atoms with Crippen LogP contribution in [0.2, 0.25) is 0 Å². The molecule has 0 aromatic heterocycles. The molecule has 1 aliphatic heterocycles. The Balaban J connectivity index is 2.11. The first-order valence-electron chi connectivity index (χ1n) is 6.97. The highest BCUT2D eigenvalue weighted by molar-refractivity contribution is 6.03. The number of rotatable bonds is 3. The summed E-state index contributed by atoms with van der Waals surface area (Å²) in [6, 6.07) is 0. The van der Waals surface area contributed by atoms with E-state index in [1.165, 1.54) is 0 Å². The molecule has 0 aromatic rings. The van der Waals surface area contributed by atoms with Crippen LogP contribution in [-0.4, -0.2) is 46.2 Å². The highest BCUT2D eigenvalue weighted by Gasteiger charge is 2.45. The molecule has 2 atom stereocenters. The quantitative estimate of drug-likeness (QED) is 0.516. The second kappa shape index (κ2) is 5.78. The van der Waals surface area contributed by atoms with Gasteiger partial charge in [0.05, 0.1) is 6.10 Å². The molecule has 1 saturated carbocycles. The summed E-state index contributed by atoms with van der Waals surface area (Å²) in [6.07, 6.45) is 2.36. The molecular formula is C13H20N2O5. The van der Waals surface area contributed by atoms with Gasteiger partial charge in [0, 0.05) is 6.54 Å². The Morgan fingerprint density at radius 1 is 1.25 bits per heavy atom. The molecule has 0 bridgehead atoms. The highest BCUT2D eigenvalue weighted by Crippen LogP contribution is 2.29. The first kappa shape index (κ1) is 14.8. The van der Waals surface area contributed by atoms with Crippen LogP contribution in [0.3, 0.4) is 0 Å². The van der Waals surface area contributed by atoms with E-state index in [9.17, 15) is 24.6 Å². The molecule has 4 N–H and O–H groups in total. The number of aliphatic carboxylic acids is 1. The van der Waals surface area contributed by atoms with Crippen molar-refractivity contribution in [3.63, 3.8) is 0 Å². The Morgan fingerprint density at radius 3 is 2.45 bits per heavy atom. The topological polar surface area (TPSA) is 116 Å². The number of aliphatic hydroxyl groups is 1. The summed E-state index contributed by atoms with van der Waals surface area (Å²) in [5.41, 5.74) is -1.30. The average molecular weight is 284 g/mol. The molecule has 2 unspecified atom stereocenters. The second-order valence-corrected chi connectivity index (χ2v) is 5.56. The van der Waals surface area contributed by atoms with E-state index in [2.05, 4.69) is 10.6 Å². The third-order valence-electron chi connectivity index (χ3n) is 4.17. The molecular weight excluding hydrogens is 264 g/mol. The summed E-state index contributed by atoms with van der Waals surface area (Å²) in [6.45, 7) is 0.327. The lowest BCUT2D eigenvalue weighted by molar-refractivity contribution is -0.153. The van der Waals surface area contributed by atoms with E-state index in [-0.39, 0.29) is 0 Å². The van der Waals surface area contributed by atoms with Gasteiger partial charge in [-0.25, -0.2) is 4.79 Å². The maximum Gasteiger partial charge on any atom is 0.329 e. The summed E-state index contributed by atoms with van der Waals surface area (Å²) >= 11 is 0. The molecule has 2 rings (SSSR count). The summed E-state index contributed by atoms with van der Waals surface area (Å²) < 4.78 is 0. The van der Waals surface area contributed by atoms with Gasteiger partial charge < -0.3 is 20.8 Å². The predicted octanol–water partition coefficient (Wildman–Crippen LogP) is -0.613. The number of nitrogens with one attached hydrogen (secondary N) is 2. The first-order chi connectivity index (χ1) is 9.46. The lowest BCUT2D eigenvalue weighted by Crippen LogP contribution is -2.61. The number of carbonyl (C=O) groups excluding carboxylic acids is 2. The van der Waals surface area contributed by atoms with Gasteiger partial charge in [-0.15, -0.1) is 0 Å². The lowest BCUT2D eigenvalue weighted by atomic mass is 9.81. The third-order valence-corrected chi connectivity index (χ3v) is 4.17. The van der Waals surface area contributed by atoms with E-state index in [0.717, 1.165) is 19.3 Å². The van der Waals surface area contributed by atoms with Crippen LogP contribution >= 0.6 is 0 Å². The normalized spacial score (nSPS) is 29.4. The van der Waals surface area contributed by atoms with E-state index in [4.69, 9.17) is 0 Å². The maximum absolute atomic E-state index is 12.2. The lowest BCUT2D eigenvalue weighted by Gasteiger charge is -2.36. The standard InChI is InChI=1S/C13H20N2O5/c16-8-4-7-14-10(17)9(8)11(18)15-13(12(19)20)5-2-1-3-6-13/h8-9,16H,1-7H2,(H,14,17)(H,15,18)(H,19,20). The Hall–Kier alpha value is -1.63. The SMILES string of the molecule is O=C1NCCC(O)C1C(=O)NC1(C(=O)O)CCCCC1. The van der Waals surface area contributed by atoms with Gasteiger partial charge in [0.1, 0.15) is 11.5 Å². The van der Waals surface area contributed by atoms with Gasteiger partial charge in [0.25, 0.3) is 0 Å². The van der Waals surface area contributed by atoms with Gasteiger partial charge in [-0.1, -0.05) is 19.3 Å². The first-order valence-corrected chi connectivity index (χ1v) is 6.97. The van der Waals surface area contributed by atoms with Crippen molar-refractivity contribution in [2.24, 2.45) is 5.92 Å². The molecule has 1 aliphatic carbocycles. The predicted molar refractivity (Wildman–Crippen MR) is 68.7 cm³/mol. The van der Waals surface area contributed by atoms with Crippen LogP contribution in [0, 0.1) is 5.92 Å². The van der Waals surface area contributed by atoms with E-state index in [0.29, 0.717) is 25.8 Å². The van der Waals surface area contributed by atoms with Gasteiger partial charge in [-0.3, -0.25) is 9.59 Å². The van der Waals surface area contributed by atoms with E-state index < -0.39 is 35.3 Å². The van der Waals surface area contributed by atoms with Crippen LogP contribution in [0.25, 0.3) is 0 Å². The summed E-state index contributed by atoms with van der Waals surface area (Å²) in [4.78, 5) is 35.4. The fraction of sp³-hybridized carbons (Fsp3) is 0.769. The van der Waals surface area contributed by atoms with Gasteiger partial charge in [-0.2, -0.15) is 0 Å². The van der Waals surface area contributed by atoms with Gasteiger partial charge in [0.2, 0.25) is 11.8 Å². The fourth-order valence-electron chi connectivity index (χ4n) is 2.95. The second-order valence-electron chi connectivity index (χ2n) is 5.56. The summed E-state index contributed by atoms with van der Waals surface area (Å²) in [5, 5.41) is 24.2. The number of aliphatic hydroxyl groups excluding tert-OH is 1. The van der Waals surface area contributed by atoms with Crippen LogP contribution in [0.5, 0.6) is 0 Å². The molecule has 7 heteroatoms. The van der Waals surface area contributed by atoms with Crippen LogP contribution in [0.15, 0.2) is 0 Å². The zero-order valence-corrected chi connectivity index (χ0v) is 11.2. The van der Waals surface area contributed by atoms with Crippen molar-refractivity contribution in [1.82, 2.24) is 10.6 Å². The van der Waals surface area contributed by atoms with Gasteiger partial charge in [0.15, 0.2) is 0 Å². The highest BCUT2D eigenvalue weighted by atomic mass is 16.4. The zero-order valence-electron chi connectivity index (χ0n) is 11.2. The summed E-state index contributed by atoms with van der Waals surface area (Å²) in [7, 11) is 0. The molecule has 0 spiro atoms.